The van der Waals surface area contributed by atoms with Crippen molar-refractivity contribution in [3.05, 3.63) is 0 Å². The number of amides is 1. The topological polar surface area (TPSA) is 64.4 Å². The summed E-state index contributed by atoms with van der Waals surface area (Å²) in [7, 11) is 0. The van der Waals surface area contributed by atoms with Crippen LogP contribution in [0.5, 0.6) is 0 Å². The SMILES string of the molecule is CCCC1CCC(NC(=O)C(N)C2CCOCC2)CC1.Cl. The van der Waals surface area contributed by atoms with E-state index in [1.54, 1.807) is 0 Å². The van der Waals surface area contributed by atoms with Gasteiger partial charge in [0.15, 0.2) is 0 Å². The van der Waals surface area contributed by atoms with Crippen LogP contribution >= 0.6 is 12.4 Å². The van der Waals surface area contributed by atoms with E-state index < -0.39 is 0 Å². The molecule has 1 amide bonds. The summed E-state index contributed by atoms with van der Waals surface area (Å²) in [6.07, 6.45) is 9.19. The lowest BCUT2D eigenvalue weighted by molar-refractivity contribution is -0.125. The Morgan fingerprint density at radius 1 is 1.19 bits per heavy atom. The van der Waals surface area contributed by atoms with Gasteiger partial charge in [0.25, 0.3) is 0 Å². The summed E-state index contributed by atoms with van der Waals surface area (Å²) in [5, 5.41) is 3.17. The number of rotatable bonds is 5. The first-order valence-electron chi connectivity index (χ1n) is 8.34. The first-order valence-corrected chi connectivity index (χ1v) is 8.34. The van der Waals surface area contributed by atoms with Gasteiger partial charge in [-0.25, -0.2) is 0 Å². The molecule has 3 N–H and O–H groups in total. The van der Waals surface area contributed by atoms with Gasteiger partial charge < -0.3 is 15.8 Å². The van der Waals surface area contributed by atoms with Crippen LogP contribution in [0, 0.1) is 11.8 Å². The average molecular weight is 319 g/mol. The first-order chi connectivity index (χ1) is 9.70. The van der Waals surface area contributed by atoms with Gasteiger partial charge in [-0.3, -0.25) is 4.79 Å². The maximum absolute atomic E-state index is 12.2. The van der Waals surface area contributed by atoms with E-state index in [0.717, 1.165) is 44.8 Å². The van der Waals surface area contributed by atoms with Crippen molar-refractivity contribution in [1.29, 1.82) is 0 Å². The predicted molar refractivity (Wildman–Crippen MR) is 87.6 cm³/mol. The van der Waals surface area contributed by atoms with Crippen molar-refractivity contribution in [2.45, 2.75) is 70.4 Å². The van der Waals surface area contributed by atoms with E-state index in [4.69, 9.17) is 10.5 Å². The van der Waals surface area contributed by atoms with Crippen LogP contribution in [0.15, 0.2) is 0 Å². The molecule has 124 valence electrons. The molecule has 1 aliphatic carbocycles. The van der Waals surface area contributed by atoms with E-state index >= 15 is 0 Å². The van der Waals surface area contributed by atoms with Crippen LogP contribution < -0.4 is 11.1 Å². The van der Waals surface area contributed by atoms with Crippen molar-refractivity contribution < 1.29 is 9.53 Å². The smallest absolute Gasteiger partial charge is 0.237 e. The van der Waals surface area contributed by atoms with Crippen LogP contribution in [0.3, 0.4) is 0 Å². The number of halogens is 1. The Hall–Kier alpha value is -0.320. The van der Waals surface area contributed by atoms with E-state index in [9.17, 15) is 4.79 Å². The zero-order valence-corrected chi connectivity index (χ0v) is 14.0. The Labute approximate surface area is 135 Å². The molecule has 4 nitrogen and oxygen atoms in total. The molecule has 1 saturated heterocycles. The van der Waals surface area contributed by atoms with Crippen LogP contribution in [0.1, 0.15) is 58.3 Å². The highest BCUT2D eigenvalue weighted by Gasteiger charge is 2.29. The Kier molecular flexibility index (Phi) is 8.60. The third-order valence-electron chi connectivity index (χ3n) is 4.97. The summed E-state index contributed by atoms with van der Waals surface area (Å²) in [4.78, 5) is 12.2. The van der Waals surface area contributed by atoms with Gasteiger partial charge in [-0.2, -0.15) is 0 Å². The zero-order chi connectivity index (χ0) is 14.4. The second kappa shape index (κ2) is 9.65. The number of nitrogens with two attached hydrogens (primary N) is 1. The molecule has 1 atom stereocenters. The molecule has 0 radical (unpaired) electrons. The first kappa shape index (κ1) is 18.7. The lowest BCUT2D eigenvalue weighted by atomic mass is 9.83. The van der Waals surface area contributed by atoms with E-state index in [1.807, 2.05) is 0 Å². The third-order valence-corrected chi connectivity index (χ3v) is 4.97. The molecule has 2 fully saturated rings. The minimum Gasteiger partial charge on any atom is -0.381 e. The second-order valence-electron chi connectivity index (χ2n) is 6.49. The molecule has 1 aliphatic heterocycles. The van der Waals surface area contributed by atoms with Gasteiger partial charge in [0, 0.05) is 19.3 Å². The van der Waals surface area contributed by atoms with Crippen molar-refractivity contribution >= 4 is 18.3 Å². The van der Waals surface area contributed by atoms with Crippen LogP contribution in [-0.2, 0) is 9.53 Å². The summed E-state index contributed by atoms with van der Waals surface area (Å²) in [6, 6.07) is -0.00578. The normalized spacial score (nSPS) is 28.5. The molecule has 2 rings (SSSR count). The summed E-state index contributed by atoms with van der Waals surface area (Å²) in [5.41, 5.74) is 6.12. The molecular weight excluding hydrogens is 288 g/mol. The van der Waals surface area contributed by atoms with Crippen LogP contribution in [0.2, 0.25) is 0 Å². The Bertz CT molecular complexity index is 301. The van der Waals surface area contributed by atoms with E-state index in [2.05, 4.69) is 12.2 Å². The molecule has 1 heterocycles. The molecule has 0 spiro atoms. The molecule has 0 bridgehead atoms. The third kappa shape index (κ3) is 5.76. The summed E-state index contributed by atoms with van der Waals surface area (Å²) in [5.74, 6) is 1.22. The monoisotopic (exact) mass is 318 g/mol. The largest absolute Gasteiger partial charge is 0.381 e. The molecular formula is C16H31ClN2O2. The van der Waals surface area contributed by atoms with Crippen molar-refractivity contribution in [2.75, 3.05) is 13.2 Å². The molecule has 0 aromatic carbocycles. The van der Waals surface area contributed by atoms with E-state index in [1.165, 1.54) is 25.7 Å². The fourth-order valence-electron chi connectivity index (χ4n) is 3.59. The van der Waals surface area contributed by atoms with Gasteiger partial charge in [0.1, 0.15) is 0 Å². The van der Waals surface area contributed by atoms with Crippen molar-refractivity contribution in [3.63, 3.8) is 0 Å². The lowest BCUT2D eigenvalue weighted by Gasteiger charge is -2.32. The van der Waals surface area contributed by atoms with Crippen LogP contribution in [-0.4, -0.2) is 31.2 Å². The highest BCUT2D eigenvalue weighted by atomic mass is 35.5. The van der Waals surface area contributed by atoms with Crippen molar-refractivity contribution in [2.24, 2.45) is 17.6 Å². The molecule has 2 aliphatic rings. The van der Waals surface area contributed by atoms with E-state index in [0.29, 0.717) is 12.0 Å². The van der Waals surface area contributed by atoms with Gasteiger partial charge in [0.2, 0.25) is 5.91 Å². The Morgan fingerprint density at radius 3 is 2.38 bits per heavy atom. The van der Waals surface area contributed by atoms with Gasteiger partial charge in [-0.15, -0.1) is 12.4 Å². The van der Waals surface area contributed by atoms with Crippen molar-refractivity contribution in [3.8, 4) is 0 Å². The molecule has 5 heteroatoms. The Morgan fingerprint density at radius 2 is 1.81 bits per heavy atom. The molecule has 0 aromatic rings. The van der Waals surface area contributed by atoms with Crippen LogP contribution in [0.25, 0.3) is 0 Å². The second-order valence-corrected chi connectivity index (χ2v) is 6.49. The fraction of sp³-hybridized carbons (Fsp3) is 0.938. The maximum atomic E-state index is 12.2. The van der Waals surface area contributed by atoms with Gasteiger partial charge in [0.05, 0.1) is 6.04 Å². The number of hydrogen-bond donors (Lipinski definition) is 2. The molecule has 1 saturated carbocycles. The number of nitrogens with one attached hydrogen (secondary N) is 1. The molecule has 0 aromatic heterocycles. The number of hydrogen-bond acceptors (Lipinski definition) is 3. The summed E-state index contributed by atoms with van der Waals surface area (Å²) < 4.78 is 5.33. The number of carbonyl (C=O) groups excluding carboxylic acids is 1. The fourth-order valence-corrected chi connectivity index (χ4v) is 3.59. The number of ether oxygens (including phenoxy) is 1. The van der Waals surface area contributed by atoms with E-state index in [-0.39, 0.29) is 24.4 Å². The van der Waals surface area contributed by atoms with Crippen LogP contribution in [0.4, 0.5) is 0 Å². The highest BCUT2D eigenvalue weighted by Crippen LogP contribution is 2.28. The summed E-state index contributed by atoms with van der Waals surface area (Å²) in [6.45, 7) is 3.74. The minimum atomic E-state index is -0.354. The lowest BCUT2D eigenvalue weighted by Crippen LogP contribution is -2.50. The van der Waals surface area contributed by atoms with Crippen molar-refractivity contribution in [1.82, 2.24) is 5.32 Å². The quantitative estimate of drug-likeness (QED) is 0.819. The Balaban J connectivity index is 0.00000220. The zero-order valence-electron chi connectivity index (χ0n) is 13.2. The van der Waals surface area contributed by atoms with Gasteiger partial charge in [-0.1, -0.05) is 19.8 Å². The average Bonchev–Trinajstić information content (AvgIpc) is 2.49. The maximum Gasteiger partial charge on any atom is 0.237 e. The standard InChI is InChI=1S/C16H30N2O2.ClH/c1-2-3-12-4-6-14(7-5-12)18-16(19)15(17)13-8-10-20-11-9-13;/h12-15H,2-11,17H2,1H3,(H,18,19);1H. The minimum absolute atomic E-state index is 0. The number of carbonyl (C=O) groups is 1. The van der Waals surface area contributed by atoms with Gasteiger partial charge in [-0.05, 0) is 50.4 Å². The van der Waals surface area contributed by atoms with Gasteiger partial charge >= 0.3 is 0 Å². The summed E-state index contributed by atoms with van der Waals surface area (Å²) >= 11 is 0. The molecule has 21 heavy (non-hydrogen) atoms. The molecule has 1 unspecified atom stereocenters. The highest BCUT2D eigenvalue weighted by molar-refractivity contribution is 5.85. The predicted octanol–water partition coefficient (Wildman–Crippen LogP) is 2.64.